The van der Waals surface area contributed by atoms with Gasteiger partial charge in [-0.25, -0.2) is 13.2 Å². The number of nitrogens with one attached hydrogen (secondary N) is 1. The molecule has 0 fully saturated rings. The zero-order chi connectivity index (χ0) is 21.7. The molecule has 10 heteroatoms. The molecular weight excluding hydrogens is 414 g/mol. The van der Waals surface area contributed by atoms with Gasteiger partial charge in [0, 0.05) is 12.6 Å². The first-order chi connectivity index (χ1) is 13.5. The third-order valence-electron chi connectivity index (χ3n) is 4.48. The van der Waals surface area contributed by atoms with Gasteiger partial charge < -0.3 is 10.1 Å². The number of anilines is 2. The first kappa shape index (κ1) is 20.9. The van der Waals surface area contributed by atoms with E-state index in [9.17, 15) is 26.7 Å². The largest absolute Gasteiger partial charge is 0.483 e. The maximum atomic E-state index is 14.9. The van der Waals surface area contributed by atoms with Crippen LogP contribution in [0.5, 0.6) is 5.75 Å². The number of halogens is 5. The van der Waals surface area contributed by atoms with Crippen LogP contribution in [-0.4, -0.2) is 25.6 Å². The quantitative estimate of drug-likeness (QED) is 0.352. The van der Waals surface area contributed by atoms with Gasteiger partial charge in [-0.05, 0) is 29.9 Å². The molecule has 2 aromatic carbocycles. The van der Waals surface area contributed by atoms with Crippen LogP contribution >= 0.6 is 9.24 Å². The summed E-state index contributed by atoms with van der Waals surface area (Å²) in [5, 5.41) is 2.43. The molecule has 0 bridgehead atoms. The second-order valence-corrected chi connectivity index (χ2v) is 6.81. The van der Waals surface area contributed by atoms with E-state index in [4.69, 9.17) is 6.42 Å². The second kappa shape index (κ2) is 7.20. The lowest BCUT2D eigenvalue weighted by atomic mass is 9.98. The van der Waals surface area contributed by atoms with Crippen molar-refractivity contribution in [3.8, 4) is 29.2 Å². The number of hydrogen-bond acceptors (Lipinski definition) is 3. The van der Waals surface area contributed by atoms with E-state index in [1.807, 2.05) is 0 Å². The van der Waals surface area contributed by atoms with Gasteiger partial charge in [-0.3, -0.25) is 9.69 Å². The van der Waals surface area contributed by atoms with Gasteiger partial charge in [0.15, 0.2) is 17.4 Å². The molecule has 1 unspecified atom stereocenters. The average molecular weight is 428 g/mol. The van der Waals surface area contributed by atoms with E-state index in [1.54, 1.807) is 0 Å². The van der Waals surface area contributed by atoms with Crippen molar-refractivity contribution in [1.29, 1.82) is 0 Å². The molecule has 0 aromatic heterocycles. The van der Waals surface area contributed by atoms with Gasteiger partial charge in [0.2, 0.25) is 0 Å². The maximum Gasteiger partial charge on any atom is 0.483 e. The SMILES string of the molecule is C#CCN1C(=O)C(F)(F)Oc2cc(P)c(-c3c(F)c(C)c(NC)c(F)c3F)cc21. The van der Waals surface area contributed by atoms with Crippen LogP contribution in [0.1, 0.15) is 5.56 Å². The maximum absolute atomic E-state index is 14.9. The van der Waals surface area contributed by atoms with Crippen LogP contribution in [-0.2, 0) is 4.79 Å². The molecule has 0 radical (unpaired) electrons. The monoisotopic (exact) mass is 428 g/mol. The van der Waals surface area contributed by atoms with Crippen molar-refractivity contribution < 1.29 is 31.5 Å². The molecule has 1 aliphatic rings. The lowest BCUT2D eigenvalue weighted by Gasteiger charge is -2.33. The zero-order valence-electron chi connectivity index (χ0n) is 15.2. The molecule has 0 spiro atoms. The van der Waals surface area contributed by atoms with Crippen LogP contribution in [0.2, 0.25) is 0 Å². The summed E-state index contributed by atoms with van der Waals surface area (Å²) < 4.78 is 76.2. The number of rotatable bonds is 3. The van der Waals surface area contributed by atoms with Crippen LogP contribution in [0, 0.1) is 36.7 Å². The summed E-state index contributed by atoms with van der Waals surface area (Å²) in [6.45, 7) is 0.726. The summed E-state index contributed by atoms with van der Waals surface area (Å²) >= 11 is 0. The molecule has 2 aromatic rings. The number of hydrogen-bond donors (Lipinski definition) is 1. The second-order valence-electron chi connectivity index (χ2n) is 6.19. The van der Waals surface area contributed by atoms with E-state index in [0.717, 1.165) is 12.1 Å². The molecular formula is C19H14F5N2O2P. The topological polar surface area (TPSA) is 41.6 Å². The van der Waals surface area contributed by atoms with Crippen molar-refractivity contribution in [2.24, 2.45) is 0 Å². The van der Waals surface area contributed by atoms with Gasteiger partial charge >= 0.3 is 12.0 Å². The average Bonchev–Trinajstić information content (AvgIpc) is 2.65. The summed E-state index contributed by atoms with van der Waals surface area (Å²) in [5.41, 5.74) is -1.62. The van der Waals surface area contributed by atoms with Gasteiger partial charge in [-0.1, -0.05) is 5.92 Å². The number of carbonyl (C=O) groups is 1. The van der Waals surface area contributed by atoms with Crippen molar-refractivity contribution in [3.05, 3.63) is 35.1 Å². The highest BCUT2D eigenvalue weighted by molar-refractivity contribution is 7.28. The molecule has 1 aliphatic heterocycles. The Balaban J connectivity index is 2.31. The third-order valence-corrected chi connectivity index (χ3v) is 4.96. The minimum atomic E-state index is -4.16. The number of amides is 1. The number of nitrogens with zero attached hydrogens (tertiary/aromatic N) is 1. The molecule has 1 N–H and O–H groups in total. The molecule has 1 heterocycles. The van der Waals surface area contributed by atoms with E-state index >= 15 is 0 Å². The van der Waals surface area contributed by atoms with Crippen molar-refractivity contribution in [2.45, 2.75) is 13.0 Å². The fourth-order valence-electron chi connectivity index (χ4n) is 3.10. The lowest BCUT2D eigenvalue weighted by molar-refractivity contribution is -0.192. The molecule has 3 rings (SSSR count). The van der Waals surface area contributed by atoms with E-state index in [2.05, 4.69) is 25.2 Å². The van der Waals surface area contributed by atoms with Gasteiger partial charge in [0.05, 0.1) is 23.5 Å². The van der Waals surface area contributed by atoms with Gasteiger partial charge in [-0.2, -0.15) is 8.78 Å². The fraction of sp³-hybridized carbons (Fsp3) is 0.211. The Hall–Kier alpha value is -2.85. The molecule has 152 valence electrons. The number of benzene rings is 2. The number of terminal acetylenes is 1. The summed E-state index contributed by atoms with van der Waals surface area (Å²) in [7, 11) is 3.43. The number of alkyl halides is 2. The van der Waals surface area contributed by atoms with Crippen LogP contribution in [0.15, 0.2) is 12.1 Å². The Morgan fingerprint density at radius 1 is 1.24 bits per heavy atom. The lowest BCUT2D eigenvalue weighted by Crippen LogP contribution is -2.51. The van der Waals surface area contributed by atoms with E-state index in [1.165, 1.54) is 14.0 Å². The first-order valence-corrected chi connectivity index (χ1v) is 8.73. The Labute approximate surface area is 165 Å². The number of ether oxygens (including phenoxy) is 1. The smallest absolute Gasteiger partial charge is 0.423 e. The third kappa shape index (κ3) is 3.18. The Morgan fingerprint density at radius 2 is 1.90 bits per heavy atom. The summed E-state index contributed by atoms with van der Waals surface area (Å²) in [6, 6.07) is 2.11. The molecule has 1 atom stereocenters. The van der Waals surface area contributed by atoms with E-state index in [0.29, 0.717) is 4.90 Å². The van der Waals surface area contributed by atoms with Crippen molar-refractivity contribution in [1.82, 2.24) is 0 Å². The molecule has 0 saturated heterocycles. The predicted molar refractivity (Wildman–Crippen MR) is 102 cm³/mol. The molecule has 1 amide bonds. The van der Waals surface area contributed by atoms with Crippen LogP contribution in [0.4, 0.5) is 33.3 Å². The predicted octanol–water partition coefficient (Wildman–Crippen LogP) is 3.57. The Kier molecular flexibility index (Phi) is 5.18. The highest BCUT2D eigenvalue weighted by Gasteiger charge is 2.50. The highest BCUT2D eigenvalue weighted by Crippen LogP contribution is 2.43. The van der Waals surface area contributed by atoms with Crippen LogP contribution < -0.4 is 20.3 Å². The molecule has 0 aliphatic carbocycles. The normalized spacial score (nSPS) is 14.9. The van der Waals surface area contributed by atoms with Crippen LogP contribution in [0.3, 0.4) is 0 Å². The Bertz CT molecular complexity index is 1050. The number of fused-ring (bicyclic) bond motifs is 1. The number of carbonyl (C=O) groups excluding carboxylic acids is 1. The highest BCUT2D eigenvalue weighted by atomic mass is 31.0. The first-order valence-electron chi connectivity index (χ1n) is 8.16. The minimum absolute atomic E-state index is 0.0448. The van der Waals surface area contributed by atoms with Gasteiger partial charge in [0.25, 0.3) is 0 Å². The van der Waals surface area contributed by atoms with E-state index < -0.39 is 47.3 Å². The van der Waals surface area contributed by atoms with Crippen molar-refractivity contribution >= 4 is 31.8 Å². The van der Waals surface area contributed by atoms with E-state index in [-0.39, 0.29) is 27.8 Å². The zero-order valence-corrected chi connectivity index (χ0v) is 16.3. The minimum Gasteiger partial charge on any atom is -0.423 e. The van der Waals surface area contributed by atoms with Gasteiger partial charge in [0.1, 0.15) is 5.82 Å². The molecule has 0 saturated carbocycles. The molecule has 29 heavy (non-hydrogen) atoms. The van der Waals surface area contributed by atoms with Gasteiger partial charge in [-0.15, -0.1) is 15.7 Å². The van der Waals surface area contributed by atoms with Crippen LogP contribution in [0.25, 0.3) is 11.1 Å². The standard InChI is InChI=1S/C19H14F5N2O2P/c1-4-5-26-10-6-9(12(29)7-11(10)28-19(23,24)18(26)27)13-14(20)8(2)17(25-3)16(22)15(13)21/h1,6-7,25H,5,29H2,2-3H3. The summed E-state index contributed by atoms with van der Waals surface area (Å²) in [4.78, 5) is 12.6. The molecule has 4 nitrogen and oxygen atoms in total. The summed E-state index contributed by atoms with van der Waals surface area (Å²) in [5.74, 6) is -3.89. The summed E-state index contributed by atoms with van der Waals surface area (Å²) in [6.07, 6.45) is 0.999. The van der Waals surface area contributed by atoms with Crippen molar-refractivity contribution in [3.63, 3.8) is 0 Å². The Morgan fingerprint density at radius 3 is 2.48 bits per heavy atom. The van der Waals surface area contributed by atoms with Crippen molar-refractivity contribution in [2.75, 3.05) is 23.8 Å². The fourth-order valence-corrected chi connectivity index (χ4v) is 3.48.